The van der Waals surface area contributed by atoms with Crippen molar-refractivity contribution in [2.45, 2.75) is 12.1 Å². The van der Waals surface area contributed by atoms with Crippen LogP contribution in [0.15, 0.2) is 71.9 Å². The van der Waals surface area contributed by atoms with Crippen molar-refractivity contribution in [3.05, 3.63) is 82.9 Å². The summed E-state index contributed by atoms with van der Waals surface area (Å²) >= 11 is 7.78. The lowest BCUT2D eigenvalue weighted by atomic mass is 10.1. The molecular formula is C24H18ClN3O3S. The van der Waals surface area contributed by atoms with Crippen molar-refractivity contribution >= 4 is 29.1 Å². The summed E-state index contributed by atoms with van der Waals surface area (Å²) in [4.78, 5) is 12.9. The predicted octanol–water partition coefficient (Wildman–Crippen LogP) is 5.60. The molecule has 0 unspecified atom stereocenters. The summed E-state index contributed by atoms with van der Waals surface area (Å²) < 4.78 is 12.6. The minimum absolute atomic E-state index is 0.0358. The Morgan fingerprint density at radius 3 is 2.72 bits per heavy atom. The first kappa shape index (κ1) is 20.6. The summed E-state index contributed by atoms with van der Waals surface area (Å²) in [5, 5.41) is 9.99. The fourth-order valence-electron chi connectivity index (χ4n) is 3.46. The van der Waals surface area contributed by atoms with Gasteiger partial charge in [-0.1, -0.05) is 47.6 Å². The topological polar surface area (TPSA) is 66.2 Å². The highest BCUT2D eigenvalue weighted by Crippen LogP contribution is 2.34. The van der Waals surface area contributed by atoms with Gasteiger partial charge >= 0.3 is 0 Å². The highest BCUT2D eigenvalue weighted by Gasteiger charge is 2.21. The molecule has 1 aliphatic heterocycles. The average Bonchev–Trinajstić information content (AvgIpc) is 3.44. The number of aryl methyl sites for hydroxylation is 1. The van der Waals surface area contributed by atoms with Crippen LogP contribution in [0.5, 0.6) is 11.5 Å². The molecule has 0 spiro atoms. The lowest BCUT2D eigenvalue weighted by molar-refractivity contribution is 0.102. The molecule has 0 fully saturated rings. The van der Waals surface area contributed by atoms with Crippen molar-refractivity contribution in [1.29, 1.82) is 0 Å². The molecule has 0 saturated heterocycles. The van der Waals surface area contributed by atoms with E-state index in [1.54, 1.807) is 18.2 Å². The van der Waals surface area contributed by atoms with Gasteiger partial charge in [-0.15, -0.1) is 10.2 Å². The zero-order valence-electron chi connectivity index (χ0n) is 17.1. The van der Waals surface area contributed by atoms with E-state index in [1.165, 1.54) is 11.8 Å². The first-order chi connectivity index (χ1) is 15.6. The molecule has 6 nitrogen and oxygen atoms in total. The summed E-state index contributed by atoms with van der Waals surface area (Å²) in [5.41, 5.74) is 3.35. The van der Waals surface area contributed by atoms with Crippen molar-refractivity contribution in [3.8, 4) is 28.6 Å². The van der Waals surface area contributed by atoms with E-state index in [0.29, 0.717) is 33.1 Å². The van der Waals surface area contributed by atoms with Gasteiger partial charge < -0.3 is 9.47 Å². The third-order valence-corrected chi connectivity index (χ3v) is 6.29. The van der Waals surface area contributed by atoms with Gasteiger partial charge in [0, 0.05) is 16.8 Å². The molecule has 0 bridgehead atoms. The van der Waals surface area contributed by atoms with E-state index >= 15 is 0 Å². The molecule has 160 valence electrons. The van der Waals surface area contributed by atoms with Crippen LogP contribution in [0, 0.1) is 6.92 Å². The molecule has 0 atom stereocenters. The number of benzene rings is 3. The maximum Gasteiger partial charge on any atom is 0.231 e. The van der Waals surface area contributed by atoms with Gasteiger partial charge in [0.1, 0.15) is 0 Å². The molecule has 32 heavy (non-hydrogen) atoms. The Bertz CT molecular complexity index is 1320. The third-order valence-electron chi connectivity index (χ3n) is 5.03. The molecule has 4 aromatic rings. The average molecular weight is 464 g/mol. The number of thioether (sulfide) groups is 1. The molecule has 0 N–H and O–H groups in total. The Hall–Kier alpha value is -3.29. The molecular weight excluding hydrogens is 446 g/mol. The second-order valence-corrected chi connectivity index (χ2v) is 8.59. The Morgan fingerprint density at radius 1 is 1.03 bits per heavy atom. The van der Waals surface area contributed by atoms with Crippen molar-refractivity contribution in [1.82, 2.24) is 14.8 Å². The molecule has 0 radical (unpaired) electrons. The first-order valence-electron chi connectivity index (χ1n) is 9.93. The molecule has 1 aliphatic rings. The SMILES string of the molecule is Cc1cccc(-n2c(SCC(=O)c3ccc4c(c3)OCO4)nnc2-c2ccccc2Cl)c1. The fraction of sp³-hybridized carbons (Fsp3) is 0.125. The summed E-state index contributed by atoms with van der Waals surface area (Å²) in [6, 6.07) is 20.8. The van der Waals surface area contributed by atoms with E-state index in [-0.39, 0.29) is 18.3 Å². The van der Waals surface area contributed by atoms with Crippen LogP contribution in [0.25, 0.3) is 17.1 Å². The van der Waals surface area contributed by atoms with Gasteiger partial charge in [0.25, 0.3) is 0 Å². The Labute approximate surface area is 194 Å². The van der Waals surface area contributed by atoms with Crippen molar-refractivity contribution in [2.24, 2.45) is 0 Å². The number of hydrogen-bond donors (Lipinski definition) is 0. The molecule has 5 rings (SSSR count). The second kappa shape index (κ2) is 8.68. The van der Waals surface area contributed by atoms with Crippen molar-refractivity contribution in [3.63, 3.8) is 0 Å². The number of carbonyl (C=O) groups is 1. The molecule has 0 saturated carbocycles. The quantitative estimate of drug-likeness (QED) is 0.274. The molecule has 3 aromatic carbocycles. The van der Waals surface area contributed by atoms with Crippen LogP contribution in [-0.2, 0) is 0 Å². The predicted molar refractivity (Wildman–Crippen MR) is 124 cm³/mol. The number of rotatable bonds is 6. The van der Waals surface area contributed by atoms with Crippen LogP contribution in [0.2, 0.25) is 5.02 Å². The minimum Gasteiger partial charge on any atom is -0.454 e. The van der Waals surface area contributed by atoms with E-state index in [1.807, 2.05) is 60.0 Å². The van der Waals surface area contributed by atoms with Gasteiger partial charge in [0.05, 0.1) is 10.8 Å². The van der Waals surface area contributed by atoms with Crippen molar-refractivity contribution < 1.29 is 14.3 Å². The number of carbonyl (C=O) groups excluding carboxylic acids is 1. The van der Waals surface area contributed by atoms with Crippen LogP contribution in [-0.4, -0.2) is 33.1 Å². The summed E-state index contributed by atoms with van der Waals surface area (Å²) in [5.74, 6) is 2.03. The van der Waals surface area contributed by atoms with Crippen LogP contribution >= 0.6 is 23.4 Å². The van der Waals surface area contributed by atoms with Gasteiger partial charge in [-0.3, -0.25) is 9.36 Å². The van der Waals surface area contributed by atoms with Gasteiger partial charge in [-0.05, 0) is 55.0 Å². The standard InChI is InChI=1S/C24H18ClN3O3S/c1-15-5-4-6-17(11-15)28-23(18-7-2-3-8-19(18)25)26-27-24(28)32-13-20(29)16-9-10-21-22(12-16)31-14-30-21/h2-12H,13-14H2,1H3. The van der Waals surface area contributed by atoms with Crippen molar-refractivity contribution in [2.75, 3.05) is 12.5 Å². The first-order valence-corrected chi connectivity index (χ1v) is 11.3. The molecule has 8 heteroatoms. The lowest BCUT2D eigenvalue weighted by Gasteiger charge is -2.12. The number of ketones is 1. The van der Waals surface area contributed by atoms with E-state index in [9.17, 15) is 4.79 Å². The Balaban J connectivity index is 1.47. The summed E-state index contributed by atoms with van der Waals surface area (Å²) in [7, 11) is 0. The van der Waals surface area contributed by atoms with Gasteiger partial charge in [0.15, 0.2) is 28.3 Å². The number of aromatic nitrogens is 3. The zero-order chi connectivity index (χ0) is 22.1. The number of hydrogen-bond acceptors (Lipinski definition) is 6. The lowest BCUT2D eigenvalue weighted by Crippen LogP contribution is -2.05. The van der Waals surface area contributed by atoms with E-state index in [0.717, 1.165) is 16.8 Å². The molecule has 0 amide bonds. The van der Waals surface area contributed by atoms with Gasteiger partial charge in [-0.25, -0.2) is 0 Å². The smallest absolute Gasteiger partial charge is 0.231 e. The number of nitrogens with zero attached hydrogens (tertiary/aromatic N) is 3. The number of ether oxygens (including phenoxy) is 2. The van der Waals surface area contributed by atoms with E-state index in [2.05, 4.69) is 10.2 Å². The summed E-state index contributed by atoms with van der Waals surface area (Å²) in [6.07, 6.45) is 0. The maximum absolute atomic E-state index is 12.9. The normalized spacial score (nSPS) is 12.2. The monoisotopic (exact) mass is 463 g/mol. The molecule has 2 heterocycles. The van der Waals surface area contributed by atoms with Crippen LogP contribution in [0.3, 0.4) is 0 Å². The Kier molecular flexibility index (Phi) is 5.59. The minimum atomic E-state index is -0.0358. The highest BCUT2D eigenvalue weighted by molar-refractivity contribution is 7.99. The van der Waals surface area contributed by atoms with E-state index in [4.69, 9.17) is 21.1 Å². The third kappa shape index (κ3) is 3.97. The van der Waals surface area contributed by atoms with Crippen LogP contribution in [0.1, 0.15) is 15.9 Å². The molecule has 1 aromatic heterocycles. The van der Waals surface area contributed by atoms with Gasteiger partial charge in [-0.2, -0.15) is 0 Å². The Morgan fingerprint density at radius 2 is 1.88 bits per heavy atom. The maximum atomic E-state index is 12.9. The van der Waals surface area contributed by atoms with Crippen LogP contribution < -0.4 is 9.47 Å². The van der Waals surface area contributed by atoms with E-state index < -0.39 is 0 Å². The van der Waals surface area contributed by atoms with Gasteiger partial charge in [0.2, 0.25) is 6.79 Å². The number of halogens is 1. The molecule has 0 aliphatic carbocycles. The van der Waals surface area contributed by atoms with Crippen LogP contribution in [0.4, 0.5) is 0 Å². The fourth-order valence-corrected chi connectivity index (χ4v) is 4.53. The largest absolute Gasteiger partial charge is 0.454 e. The zero-order valence-corrected chi connectivity index (χ0v) is 18.7. The second-order valence-electron chi connectivity index (χ2n) is 7.24. The number of Topliss-reactive ketones (excluding diaryl/α,β-unsaturated/α-hetero) is 1. The highest BCUT2D eigenvalue weighted by atomic mass is 35.5. The number of fused-ring (bicyclic) bond motifs is 1. The summed E-state index contributed by atoms with van der Waals surface area (Å²) in [6.45, 7) is 2.20.